The molecule has 13 heteroatoms. The zero-order valence-corrected chi connectivity index (χ0v) is 26.9. The normalized spacial score (nSPS) is 27.9. The average Bonchev–Trinajstić information content (AvgIpc) is 3.46. The molecule has 3 aliphatic heterocycles. The van der Waals surface area contributed by atoms with E-state index >= 15 is 0 Å². The molecular formula is C32H49N5O8. The molecule has 2 saturated heterocycles. The summed E-state index contributed by atoms with van der Waals surface area (Å²) in [6, 6.07) is -3.06. The zero-order chi connectivity index (χ0) is 32.4. The topological polar surface area (TPSA) is 164 Å². The van der Waals surface area contributed by atoms with Crippen LogP contribution in [0.25, 0.3) is 0 Å². The van der Waals surface area contributed by atoms with Crippen LogP contribution in [0.4, 0.5) is 4.79 Å². The van der Waals surface area contributed by atoms with Gasteiger partial charge in [0.15, 0.2) is 0 Å². The van der Waals surface area contributed by atoms with E-state index in [4.69, 9.17) is 14.3 Å². The lowest BCUT2D eigenvalue weighted by molar-refractivity contribution is -0.144. The maximum Gasteiger partial charge on any atom is 0.408 e. The first-order valence-corrected chi connectivity index (χ1v) is 16.6. The fraction of sp³-hybridized carbons (Fsp3) is 0.781. The SMILES string of the molecule is CCC[C@H](NC(=O)[C@@H]1C[C@]2(C=C(C3CCCC3)NO2)CN1C(=O)[C@@H](NC(=O)O[C@H]1CCOC1)C(C)(C)C)C(=O)C(=O)NC1CC1. The first kappa shape index (κ1) is 33.2. The molecular weight excluding hydrogens is 582 g/mol. The largest absolute Gasteiger partial charge is 0.444 e. The van der Waals surface area contributed by atoms with Gasteiger partial charge in [0.05, 0.1) is 25.8 Å². The summed E-state index contributed by atoms with van der Waals surface area (Å²) in [5, 5.41) is 8.25. The number of allylic oxidation sites excluding steroid dienone is 1. The Morgan fingerprint density at radius 3 is 2.44 bits per heavy atom. The van der Waals surface area contributed by atoms with Gasteiger partial charge in [-0.25, -0.2) is 4.79 Å². The van der Waals surface area contributed by atoms with Crippen LogP contribution in [0.2, 0.25) is 0 Å². The fourth-order valence-electron chi connectivity index (χ4n) is 6.68. The van der Waals surface area contributed by atoms with Crippen molar-refractivity contribution in [3.63, 3.8) is 0 Å². The van der Waals surface area contributed by atoms with Crippen LogP contribution >= 0.6 is 0 Å². The highest BCUT2D eigenvalue weighted by Gasteiger charge is 2.54. The van der Waals surface area contributed by atoms with Crippen LogP contribution in [0.5, 0.6) is 0 Å². The molecule has 5 aliphatic rings. The predicted molar refractivity (Wildman–Crippen MR) is 162 cm³/mol. The lowest BCUT2D eigenvalue weighted by atomic mass is 9.85. The smallest absolute Gasteiger partial charge is 0.408 e. The number of nitrogens with zero attached hydrogens (tertiary/aromatic N) is 1. The van der Waals surface area contributed by atoms with Crippen molar-refractivity contribution >= 4 is 29.6 Å². The molecule has 0 aromatic rings. The molecule has 0 radical (unpaired) electrons. The van der Waals surface area contributed by atoms with Crippen LogP contribution in [-0.2, 0) is 33.5 Å². The lowest BCUT2D eigenvalue weighted by Gasteiger charge is -2.35. The molecule has 0 unspecified atom stereocenters. The van der Waals surface area contributed by atoms with Gasteiger partial charge < -0.3 is 30.3 Å². The Kier molecular flexibility index (Phi) is 10.1. The van der Waals surface area contributed by atoms with Crippen LogP contribution in [0.15, 0.2) is 11.8 Å². The van der Waals surface area contributed by atoms with Crippen molar-refractivity contribution in [3.8, 4) is 0 Å². The number of ether oxygens (including phenoxy) is 2. The quantitative estimate of drug-likeness (QED) is 0.250. The van der Waals surface area contributed by atoms with Gasteiger partial charge >= 0.3 is 6.09 Å². The number of alkyl carbamates (subject to hydrolysis) is 1. The molecule has 4 N–H and O–H groups in total. The maximum atomic E-state index is 14.4. The molecule has 0 aromatic carbocycles. The Morgan fingerprint density at radius 2 is 1.82 bits per heavy atom. The van der Waals surface area contributed by atoms with E-state index in [1.807, 2.05) is 33.8 Å². The van der Waals surface area contributed by atoms with E-state index in [9.17, 15) is 24.0 Å². The summed E-state index contributed by atoms with van der Waals surface area (Å²) >= 11 is 0. The molecule has 5 rings (SSSR count). The van der Waals surface area contributed by atoms with Crippen LogP contribution in [-0.4, -0.2) is 90.1 Å². The number of carbonyl (C=O) groups is 5. The second-order valence-electron chi connectivity index (χ2n) is 14.3. The lowest BCUT2D eigenvalue weighted by Crippen LogP contribution is -2.59. The van der Waals surface area contributed by atoms with E-state index in [2.05, 4.69) is 21.4 Å². The number of carbonyl (C=O) groups excluding carboxylic acids is 5. The van der Waals surface area contributed by atoms with E-state index in [0.29, 0.717) is 32.0 Å². The summed E-state index contributed by atoms with van der Waals surface area (Å²) < 4.78 is 10.8. The van der Waals surface area contributed by atoms with E-state index in [0.717, 1.165) is 44.2 Å². The Hall–Kier alpha value is -3.19. The highest BCUT2D eigenvalue weighted by atomic mass is 16.7. The van der Waals surface area contributed by atoms with E-state index in [-0.39, 0.29) is 25.4 Å². The number of ketones is 1. The Bertz CT molecular complexity index is 1180. The molecule has 2 saturated carbocycles. The van der Waals surface area contributed by atoms with Gasteiger partial charge in [-0.1, -0.05) is 47.0 Å². The minimum Gasteiger partial charge on any atom is -0.444 e. The third-order valence-corrected chi connectivity index (χ3v) is 9.41. The molecule has 1 spiro atoms. The number of nitrogens with one attached hydrogen (secondary N) is 4. The zero-order valence-electron chi connectivity index (χ0n) is 26.9. The van der Waals surface area contributed by atoms with Crippen molar-refractivity contribution in [1.82, 2.24) is 26.3 Å². The van der Waals surface area contributed by atoms with Crippen LogP contribution in [0, 0.1) is 11.3 Å². The minimum absolute atomic E-state index is 0.00446. The van der Waals surface area contributed by atoms with Gasteiger partial charge in [-0.15, -0.1) is 0 Å². The van der Waals surface area contributed by atoms with Gasteiger partial charge in [0.25, 0.3) is 5.91 Å². The molecule has 45 heavy (non-hydrogen) atoms. The van der Waals surface area contributed by atoms with Gasteiger partial charge in [0, 0.05) is 30.5 Å². The molecule has 0 aromatic heterocycles. The summed E-state index contributed by atoms with van der Waals surface area (Å²) in [7, 11) is 0. The van der Waals surface area contributed by atoms with Crippen LogP contribution < -0.4 is 21.4 Å². The Balaban J connectivity index is 1.37. The predicted octanol–water partition coefficient (Wildman–Crippen LogP) is 2.00. The number of rotatable bonds is 11. The molecule has 0 bridgehead atoms. The van der Waals surface area contributed by atoms with Crippen molar-refractivity contribution in [3.05, 3.63) is 11.8 Å². The van der Waals surface area contributed by atoms with Gasteiger partial charge in [-0.3, -0.25) is 29.5 Å². The molecule has 4 fully saturated rings. The second-order valence-corrected chi connectivity index (χ2v) is 14.3. The van der Waals surface area contributed by atoms with E-state index in [1.54, 1.807) is 0 Å². The third kappa shape index (κ3) is 7.97. The number of hydroxylamine groups is 1. The summed E-state index contributed by atoms with van der Waals surface area (Å²) in [5.41, 5.74) is 2.35. The van der Waals surface area contributed by atoms with E-state index in [1.165, 1.54) is 4.90 Å². The van der Waals surface area contributed by atoms with E-state index < -0.39 is 64.8 Å². The Morgan fingerprint density at radius 1 is 1.09 bits per heavy atom. The third-order valence-electron chi connectivity index (χ3n) is 9.41. The number of amides is 4. The van der Waals surface area contributed by atoms with Crippen molar-refractivity contribution in [2.75, 3.05) is 19.8 Å². The highest BCUT2D eigenvalue weighted by Crippen LogP contribution is 2.41. The summed E-state index contributed by atoms with van der Waals surface area (Å²) in [6.07, 6.45) is 8.47. The first-order valence-electron chi connectivity index (χ1n) is 16.6. The van der Waals surface area contributed by atoms with Crippen molar-refractivity contribution < 1.29 is 38.3 Å². The summed E-state index contributed by atoms with van der Waals surface area (Å²) in [5.74, 6) is -2.08. The number of hydrogen-bond acceptors (Lipinski definition) is 9. The van der Waals surface area contributed by atoms with Crippen molar-refractivity contribution in [2.45, 2.75) is 128 Å². The fourth-order valence-corrected chi connectivity index (χ4v) is 6.68. The molecule has 5 atom stereocenters. The van der Waals surface area contributed by atoms with Gasteiger partial charge in [-0.2, -0.15) is 0 Å². The monoisotopic (exact) mass is 631 g/mol. The highest BCUT2D eigenvalue weighted by molar-refractivity contribution is 6.38. The molecule has 2 aliphatic carbocycles. The number of likely N-dealkylation sites (tertiary alicyclic amines) is 1. The summed E-state index contributed by atoms with van der Waals surface area (Å²) in [6.45, 7) is 8.23. The van der Waals surface area contributed by atoms with Crippen molar-refractivity contribution in [1.29, 1.82) is 0 Å². The first-order chi connectivity index (χ1) is 21.4. The van der Waals surface area contributed by atoms with Crippen LogP contribution in [0.3, 0.4) is 0 Å². The average molecular weight is 632 g/mol. The number of hydrogen-bond donors (Lipinski definition) is 4. The van der Waals surface area contributed by atoms with Gasteiger partial charge in [0.2, 0.25) is 17.6 Å². The Labute approximate surface area is 264 Å². The molecule has 4 amide bonds. The van der Waals surface area contributed by atoms with Crippen molar-refractivity contribution in [2.24, 2.45) is 11.3 Å². The standard InChI is InChI=1S/C32H49N5O8/c1-5-8-22(25(38)28(40)33-20-11-12-20)34-27(39)24-16-32(15-23(36-45-32)19-9-6-7-10-19)18-37(24)29(41)26(31(2,3)4)35-30(42)44-21-13-14-43-17-21/h15,19-22,24,26,36H,5-14,16-18H2,1-4H3,(H,33,40)(H,34,39)(H,35,42)/t21-,22-,24-,26+,32+/m0/s1. The van der Waals surface area contributed by atoms with Gasteiger partial charge in [-0.05, 0) is 43.6 Å². The molecule has 3 heterocycles. The maximum absolute atomic E-state index is 14.4. The second kappa shape index (κ2) is 13.7. The van der Waals surface area contributed by atoms with Gasteiger partial charge in [0.1, 0.15) is 23.8 Å². The molecule has 250 valence electrons. The molecule has 13 nitrogen and oxygen atoms in total. The van der Waals surface area contributed by atoms with Crippen LogP contribution in [0.1, 0.15) is 91.9 Å². The minimum atomic E-state index is -1.03. The number of Topliss-reactive ketones (excluding diaryl/α,β-unsaturated/α-hetero) is 1. The summed E-state index contributed by atoms with van der Waals surface area (Å²) in [4.78, 5) is 74.5.